The van der Waals surface area contributed by atoms with Crippen LogP contribution in [-0.2, 0) is 32.6 Å². The van der Waals surface area contributed by atoms with Gasteiger partial charge in [-0.15, -0.1) is 0 Å². The van der Waals surface area contributed by atoms with Crippen LogP contribution in [0.15, 0.2) is 108 Å². The zero-order valence-electron chi connectivity index (χ0n) is 25.9. The van der Waals surface area contributed by atoms with E-state index in [1.165, 1.54) is 17.0 Å². The van der Waals surface area contributed by atoms with Crippen molar-refractivity contribution in [3.8, 4) is 0 Å². The number of carbonyl (C=O) groups excluding carboxylic acids is 2. The van der Waals surface area contributed by atoms with E-state index in [0.717, 1.165) is 39.4 Å². The molecule has 0 aliphatic carbocycles. The molecule has 236 valence electrons. The van der Waals surface area contributed by atoms with Crippen LogP contribution in [0.3, 0.4) is 0 Å². The second kappa shape index (κ2) is 15.7. The number of benzene rings is 4. The molecule has 9 heteroatoms. The number of halogens is 1. The van der Waals surface area contributed by atoms with Crippen molar-refractivity contribution in [2.75, 3.05) is 17.4 Å². The highest BCUT2D eigenvalue weighted by Crippen LogP contribution is 2.29. The molecule has 0 saturated heterocycles. The minimum atomic E-state index is -4.19. The molecule has 0 aromatic heterocycles. The van der Waals surface area contributed by atoms with Gasteiger partial charge in [0.15, 0.2) is 0 Å². The topological polar surface area (TPSA) is 86.8 Å². The molecular formula is C36H40ClN3O4S. The van der Waals surface area contributed by atoms with E-state index in [2.05, 4.69) is 5.32 Å². The van der Waals surface area contributed by atoms with Gasteiger partial charge in [0.2, 0.25) is 11.8 Å². The number of aryl methyl sites for hydroxylation is 2. The van der Waals surface area contributed by atoms with Crippen molar-refractivity contribution in [3.05, 3.63) is 130 Å². The number of hydrogen-bond acceptors (Lipinski definition) is 4. The highest BCUT2D eigenvalue weighted by Gasteiger charge is 2.34. The molecule has 1 atom stereocenters. The maximum Gasteiger partial charge on any atom is 0.264 e. The quantitative estimate of drug-likeness (QED) is 0.155. The molecule has 0 unspecified atom stereocenters. The second-order valence-corrected chi connectivity index (χ2v) is 13.3. The van der Waals surface area contributed by atoms with E-state index in [-0.39, 0.29) is 29.5 Å². The zero-order valence-corrected chi connectivity index (χ0v) is 27.5. The average Bonchev–Trinajstić information content (AvgIpc) is 3.04. The Balaban J connectivity index is 1.81. The van der Waals surface area contributed by atoms with E-state index in [1.807, 2.05) is 75.4 Å². The number of anilines is 1. The third-order valence-electron chi connectivity index (χ3n) is 7.76. The van der Waals surface area contributed by atoms with Gasteiger partial charge in [-0.1, -0.05) is 104 Å². The van der Waals surface area contributed by atoms with Crippen molar-refractivity contribution in [3.63, 3.8) is 0 Å². The molecule has 0 saturated carbocycles. The normalized spacial score (nSPS) is 11.9. The monoisotopic (exact) mass is 645 g/mol. The Labute approximate surface area is 271 Å². The molecule has 1 N–H and O–H groups in total. The zero-order chi connectivity index (χ0) is 32.4. The van der Waals surface area contributed by atoms with Crippen LogP contribution in [0.5, 0.6) is 0 Å². The van der Waals surface area contributed by atoms with Crippen molar-refractivity contribution in [2.45, 2.75) is 57.5 Å². The summed E-state index contributed by atoms with van der Waals surface area (Å²) in [5.74, 6) is -0.800. The Morgan fingerprint density at radius 1 is 0.844 bits per heavy atom. The smallest absolute Gasteiger partial charge is 0.264 e. The first-order valence-corrected chi connectivity index (χ1v) is 16.9. The number of nitrogens with zero attached hydrogens (tertiary/aromatic N) is 2. The molecule has 4 aromatic carbocycles. The summed E-state index contributed by atoms with van der Waals surface area (Å²) in [6.45, 7) is 5.88. The first-order chi connectivity index (χ1) is 21.6. The van der Waals surface area contributed by atoms with Crippen LogP contribution in [0, 0.1) is 13.8 Å². The van der Waals surface area contributed by atoms with Gasteiger partial charge in [-0.05, 0) is 66.8 Å². The molecular weight excluding hydrogens is 606 g/mol. The molecule has 0 aliphatic rings. The van der Waals surface area contributed by atoms with E-state index in [9.17, 15) is 18.0 Å². The third kappa shape index (κ3) is 8.74. The van der Waals surface area contributed by atoms with Crippen LogP contribution in [-0.4, -0.2) is 44.3 Å². The molecule has 0 radical (unpaired) electrons. The third-order valence-corrected chi connectivity index (χ3v) is 9.95. The molecule has 4 aromatic rings. The Bertz CT molecular complexity index is 1700. The first-order valence-electron chi connectivity index (χ1n) is 15.1. The van der Waals surface area contributed by atoms with Gasteiger partial charge in [0.05, 0.1) is 10.6 Å². The molecule has 7 nitrogen and oxygen atoms in total. The van der Waals surface area contributed by atoms with Gasteiger partial charge in [0, 0.05) is 24.5 Å². The van der Waals surface area contributed by atoms with E-state index < -0.39 is 28.5 Å². The first kappa shape index (κ1) is 33.7. The Kier molecular flexibility index (Phi) is 11.8. The molecule has 0 aliphatic heterocycles. The highest BCUT2D eigenvalue weighted by molar-refractivity contribution is 7.92. The van der Waals surface area contributed by atoms with Crippen LogP contribution < -0.4 is 9.62 Å². The van der Waals surface area contributed by atoms with E-state index in [4.69, 9.17) is 11.6 Å². The standard InChI is InChI=1S/C36H40ClN3O4S/c1-4-5-22-38-36(42)34(23-29-15-8-6-9-16-29)39(25-30-17-13-12-14-27(30)2)35(41)26-40(31-21-20-28(3)33(37)24-31)45(43,44)32-18-10-7-11-19-32/h6-21,24,34H,4-5,22-23,25-26H2,1-3H3,(H,38,42)/t34-/m0/s1. The van der Waals surface area contributed by atoms with Crippen molar-refractivity contribution in [1.82, 2.24) is 10.2 Å². The fraction of sp³-hybridized carbons (Fsp3) is 0.278. The predicted molar refractivity (Wildman–Crippen MR) is 181 cm³/mol. The lowest BCUT2D eigenvalue weighted by molar-refractivity contribution is -0.140. The van der Waals surface area contributed by atoms with Gasteiger partial charge >= 0.3 is 0 Å². The number of unbranched alkanes of at least 4 members (excludes halogenated alkanes) is 1. The van der Waals surface area contributed by atoms with Crippen LogP contribution in [0.2, 0.25) is 5.02 Å². The summed E-state index contributed by atoms with van der Waals surface area (Å²) >= 11 is 6.45. The summed E-state index contributed by atoms with van der Waals surface area (Å²) in [6, 6.07) is 29.2. The van der Waals surface area contributed by atoms with Crippen LogP contribution in [0.25, 0.3) is 0 Å². The van der Waals surface area contributed by atoms with Crippen molar-refractivity contribution in [2.24, 2.45) is 0 Å². The summed E-state index contributed by atoms with van der Waals surface area (Å²) in [6.07, 6.45) is 1.96. The van der Waals surface area contributed by atoms with Crippen molar-refractivity contribution in [1.29, 1.82) is 0 Å². The lowest BCUT2D eigenvalue weighted by Crippen LogP contribution is -2.53. The van der Waals surface area contributed by atoms with Gasteiger partial charge < -0.3 is 10.2 Å². The summed E-state index contributed by atoms with van der Waals surface area (Å²) in [5.41, 5.74) is 3.73. The second-order valence-electron chi connectivity index (χ2n) is 11.1. The fourth-order valence-corrected chi connectivity index (χ4v) is 6.62. The number of nitrogens with one attached hydrogen (secondary N) is 1. The predicted octanol–water partition coefficient (Wildman–Crippen LogP) is 6.71. The van der Waals surface area contributed by atoms with Crippen LogP contribution >= 0.6 is 11.6 Å². The Hall–Kier alpha value is -4.14. The number of rotatable bonds is 14. The number of hydrogen-bond donors (Lipinski definition) is 1. The SMILES string of the molecule is CCCCNC(=O)[C@H](Cc1ccccc1)N(Cc1ccccc1C)C(=O)CN(c1ccc(C)c(Cl)c1)S(=O)(=O)c1ccccc1. The lowest BCUT2D eigenvalue weighted by atomic mass is 10.0. The van der Waals surface area contributed by atoms with Gasteiger partial charge in [-0.2, -0.15) is 0 Å². The lowest BCUT2D eigenvalue weighted by Gasteiger charge is -2.34. The summed E-state index contributed by atoms with van der Waals surface area (Å²) < 4.78 is 29.3. The van der Waals surface area contributed by atoms with Gasteiger partial charge in [-0.3, -0.25) is 13.9 Å². The number of amides is 2. The Morgan fingerprint density at radius 3 is 2.13 bits per heavy atom. The summed E-state index contributed by atoms with van der Waals surface area (Å²) in [7, 11) is -4.19. The minimum absolute atomic E-state index is 0.0399. The molecule has 45 heavy (non-hydrogen) atoms. The van der Waals surface area contributed by atoms with E-state index in [1.54, 1.807) is 36.4 Å². The van der Waals surface area contributed by atoms with Crippen LogP contribution in [0.4, 0.5) is 5.69 Å². The summed E-state index contributed by atoms with van der Waals surface area (Å²) in [4.78, 5) is 29.9. The van der Waals surface area contributed by atoms with E-state index in [0.29, 0.717) is 11.6 Å². The van der Waals surface area contributed by atoms with E-state index >= 15 is 0 Å². The maximum absolute atomic E-state index is 14.5. The molecule has 0 spiro atoms. The minimum Gasteiger partial charge on any atom is -0.354 e. The summed E-state index contributed by atoms with van der Waals surface area (Å²) in [5, 5.41) is 3.39. The van der Waals surface area contributed by atoms with Gasteiger partial charge in [-0.25, -0.2) is 8.42 Å². The molecule has 4 rings (SSSR count). The van der Waals surface area contributed by atoms with Gasteiger partial charge in [0.1, 0.15) is 12.6 Å². The largest absolute Gasteiger partial charge is 0.354 e. The Morgan fingerprint density at radius 2 is 1.49 bits per heavy atom. The molecule has 0 bridgehead atoms. The number of carbonyl (C=O) groups is 2. The average molecular weight is 646 g/mol. The number of sulfonamides is 1. The molecule has 0 fully saturated rings. The maximum atomic E-state index is 14.5. The van der Waals surface area contributed by atoms with Crippen LogP contribution in [0.1, 0.15) is 42.0 Å². The molecule has 2 amide bonds. The van der Waals surface area contributed by atoms with Gasteiger partial charge in [0.25, 0.3) is 10.0 Å². The fourth-order valence-electron chi connectivity index (χ4n) is 5.02. The highest BCUT2D eigenvalue weighted by atomic mass is 35.5. The van der Waals surface area contributed by atoms with Crippen molar-refractivity contribution < 1.29 is 18.0 Å². The van der Waals surface area contributed by atoms with Crippen molar-refractivity contribution >= 4 is 39.1 Å². The molecule has 0 heterocycles.